The van der Waals surface area contributed by atoms with Gasteiger partial charge in [-0.1, -0.05) is 30.7 Å². The minimum absolute atomic E-state index is 0.307. The molecule has 32 heavy (non-hydrogen) atoms. The molecule has 1 N–H and O–H groups in total. The van der Waals surface area contributed by atoms with Crippen LogP contribution in [0.5, 0.6) is 17.2 Å². The number of aryl methyl sites for hydroxylation is 1. The lowest BCUT2D eigenvalue weighted by Crippen LogP contribution is -2.31. The zero-order valence-electron chi connectivity index (χ0n) is 18.7. The second-order valence-corrected chi connectivity index (χ2v) is 7.55. The maximum absolute atomic E-state index is 13.3. The number of halogens is 1. The monoisotopic (exact) mass is 457 g/mol. The second-order valence-electron chi connectivity index (χ2n) is 7.14. The molecule has 2 aromatic carbocycles. The van der Waals surface area contributed by atoms with Crippen LogP contribution in [-0.2, 0) is 7.05 Å². The first kappa shape index (κ1) is 23.5. The van der Waals surface area contributed by atoms with Gasteiger partial charge < -0.3 is 24.1 Å². The predicted molar refractivity (Wildman–Crippen MR) is 124 cm³/mol. The van der Waals surface area contributed by atoms with Crippen LogP contribution >= 0.6 is 11.6 Å². The van der Waals surface area contributed by atoms with Crippen molar-refractivity contribution in [3.63, 3.8) is 0 Å². The van der Waals surface area contributed by atoms with E-state index in [1.165, 1.54) is 0 Å². The van der Waals surface area contributed by atoms with E-state index in [-0.39, 0.29) is 5.91 Å². The second kappa shape index (κ2) is 10.9. The van der Waals surface area contributed by atoms with Gasteiger partial charge in [-0.3, -0.25) is 4.79 Å². The first-order valence-corrected chi connectivity index (χ1v) is 10.9. The number of ether oxygens (including phenoxy) is 3. The summed E-state index contributed by atoms with van der Waals surface area (Å²) in [5.41, 5.74) is 1.24. The van der Waals surface area contributed by atoms with Crippen molar-refractivity contribution in [1.29, 1.82) is 0 Å². The van der Waals surface area contributed by atoms with Crippen LogP contribution in [0.4, 0.5) is 0 Å². The number of carbonyl (C=O) groups is 1. The van der Waals surface area contributed by atoms with Crippen molar-refractivity contribution in [3.05, 3.63) is 70.8 Å². The van der Waals surface area contributed by atoms with Gasteiger partial charge in [0, 0.05) is 25.0 Å². The highest BCUT2D eigenvalue weighted by molar-refractivity contribution is 6.32. The number of nitrogens with zero attached hydrogens (tertiary/aromatic N) is 2. The molecule has 3 rings (SSSR count). The maximum Gasteiger partial charge on any atom is 0.252 e. The smallest absolute Gasteiger partial charge is 0.252 e. The van der Waals surface area contributed by atoms with Crippen LogP contribution in [0, 0.1) is 0 Å². The van der Waals surface area contributed by atoms with E-state index in [1.54, 1.807) is 25.4 Å². The highest BCUT2D eigenvalue weighted by atomic mass is 35.5. The average molecular weight is 458 g/mol. The molecular formula is C24H28ClN3O4. The topological polar surface area (TPSA) is 74.6 Å². The van der Waals surface area contributed by atoms with Crippen LogP contribution in [0.3, 0.4) is 0 Å². The number of carbonyl (C=O) groups excluding carboxylic acids is 1. The van der Waals surface area contributed by atoms with E-state index in [0.717, 1.165) is 17.7 Å². The van der Waals surface area contributed by atoms with Gasteiger partial charge >= 0.3 is 0 Å². The molecule has 7 nitrogen and oxygen atoms in total. The van der Waals surface area contributed by atoms with Gasteiger partial charge in [-0.25, -0.2) is 4.98 Å². The van der Waals surface area contributed by atoms with Gasteiger partial charge in [0.05, 0.1) is 25.3 Å². The normalized spacial score (nSPS) is 11.7. The van der Waals surface area contributed by atoms with Crippen molar-refractivity contribution in [1.82, 2.24) is 14.9 Å². The van der Waals surface area contributed by atoms with Crippen LogP contribution in [-0.4, -0.2) is 35.8 Å². The zero-order valence-corrected chi connectivity index (χ0v) is 19.5. The molecular weight excluding hydrogens is 430 g/mol. The summed E-state index contributed by atoms with van der Waals surface area (Å²) in [6, 6.07) is 10.3. The fourth-order valence-corrected chi connectivity index (χ4v) is 3.53. The van der Waals surface area contributed by atoms with Crippen molar-refractivity contribution in [2.45, 2.75) is 26.3 Å². The Morgan fingerprint density at radius 2 is 1.94 bits per heavy atom. The molecule has 1 heterocycles. The van der Waals surface area contributed by atoms with Gasteiger partial charge in [0.2, 0.25) is 0 Å². The van der Waals surface area contributed by atoms with Crippen LogP contribution in [0.25, 0.3) is 0 Å². The number of imidazole rings is 1. The van der Waals surface area contributed by atoms with E-state index in [4.69, 9.17) is 25.8 Å². The third-order valence-electron chi connectivity index (χ3n) is 4.86. The molecule has 0 aliphatic rings. The molecule has 1 atom stereocenters. The average Bonchev–Trinajstić information content (AvgIpc) is 3.22. The van der Waals surface area contributed by atoms with E-state index < -0.39 is 6.04 Å². The molecule has 0 saturated heterocycles. The number of rotatable bonds is 10. The third kappa shape index (κ3) is 5.34. The Bertz CT molecular complexity index is 1050. The molecule has 0 fully saturated rings. The number of benzene rings is 2. The van der Waals surface area contributed by atoms with Gasteiger partial charge in [-0.15, -0.1) is 0 Å². The zero-order chi connectivity index (χ0) is 23.1. The van der Waals surface area contributed by atoms with E-state index >= 15 is 0 Å². The molecule has 3 aromatic rings. The number of aromatic nitrogens is 2. The molecule has 0 aliphatic carbocycles. The fraction of sp³-hybridized carbons (Fsp3) is 0.333. The van der Waals surface area contributed by atoms with Crippen molar-refractivity contribution >= 4 is 17.5 Å². The molecule has 8 heteroatoms. The van der Waals surface area contributed by atoms with E-state index in [1.807, 2.05) is 55.9 Å². The Hall–Kier alpha value is -3.19. The van der Waals surface area contributed by atoms with Crippen molar-refractivity contribution < 1.29 is 19.0 Å². The van der Waals surface area contributed by atoms with Gasteiger partial charge in [0.25, 0.3) is 5.91 Å². The fourth-order valence-electron chi connectivity index (χ4n) is 3.27. The standard InChI is InChI=1S/C24H28ClN3O4/c1-5-13-32-22-19(25)14-17(15-20(22)31-6-2)24(29)27-21(23-26-11-12-28(23)3)16-7-9-18(30-4)10-8-16/h7-12,14-15,21H,5-6,13H2,1-4H3,(H,27,29). The Labute approximate surface area is 193 Å². The quantitative estimate of drug-likeness (QED) is 0.473. The molecule has 1 unspecified atom stereocenters. The molecule has 1 aromatic heterocycles. The van der Waals surface area contributed by atoms with Crippen LogP contribution in [0.1, 0.15) is 48.1 Å². The van der Waals surface area contributed by atoms with Gasteiger partial charge in [-0.05, 0) is 43.2 Å². The van der Waals surface area contributed by atoms with Crippen molar-refractivity contribution in [3.8, 4) is 17.2 Å². The molecule has 170 valence electrons. The summed E-state index contributed by atoms with van der Waals surface area (Å²) in [7, 11) is 3.50. The minimum Gasteiger partial charge on any atom is -0.497 e. The highest BCUT2D eigenvalue weighted by Gasteiger charge is 2.23. The Morgan fingerprint density at radius 3 is 2.53 bits per heavy atom. The van der Waals surface area contributed by atoms with Crippen LogP contribution in [0.15, 0.2) is 48.8 Å². The van der Waals surface area contributed by atoms with E-state index in [0.29, 0.717) is 41.1 Å². The van der Waals surface area contributed by atoms with E-state index in [9.17, 15) is 4.79 Å². The van der Waals surface area contributed by atoms with Gasteiger partial charge in [0.15, 0.2) is 11.5 Å². The van der Waals surface area contributed by atoms with E-state index in [2.05, 4.69) is 10.3 Å². The number of hydrogen-bond acceptors (Lipinski definition) is 5. The lowest BCUT2D eigenvalue weighted by Gasteiger charge is -2.20. The van der Waals surface area contributed by atoms with Crippen molar-refractivity contribution in [2.75, 3.05) is 20.3 Å². The third-order valence-corrected chi connectivity index (χ3v) is 5.14. The summed E-state index contributed by atoms with van der Waals surface area (Å²) in [6.07, 6.45) is 4.36. The summed E-state index contributed by atoms with van der Waals surface area (Å²) in [5, 5.41) is 3.40. The SMILES string of the molecule is CCCOc1c(Cl)cc(C(=O)NC(c2ccc(OC)cc2)c2nccn2C)cc1OCC. The van der Waals surface area contributed by atoms with Crippen LogP contribution in [0.2, 0.25) is 5.02 Å². The van der Waals surface area contributed by atoms with Gasteiger partial charge in [0.1, 0.15) is 17.6 Å². The Kier molecular flexibility index (Phi) is 8.00. The number of amides is 1. The first-order chi connectivity index (χ1) is 15.5. The minimum atomic E-state index is -0.473. The number of hydrogen-bond donors (Lipinski definition) is 1. The summed E-state index contributed by atoms with van der Waals surface area (Å²) in [5.74, 6) is 2.01. The van der Waals surface area contributed by atoms with Crippen LogP contribution < -0.4 is 19.5 Å². The summed E-state index contributed by atoms with van der Waals surface area (Å²) in [4.78, 5) is 17.7. The van der Waals surface area contributed by atoms with Crippen molar-refractivity contribution in [2.24, 2.45) is 7.05 Å². The molecule has 0 radical (unpaired) electrons. The number of nitrogens with one attached hydrogen (secondary N) is 1. The molecule has 0 spiro atoms. The Balaban J connectivity index is 1.94. The molecule has 0 bridgehead atoms. The first-order valence-electron chi connectivity index (χ1n) is 10.5. The predicted octanol–water partition coefficient (Wildman–Crippen LogP) is 4.79. The molecule has 1 amide bonds. The van der Waals surface area contributed by atoms with Gasteiger partial charge in [-0.2, -0.15) is 0 Å². The largest absolute Gasteiger partial charge is 0.497 e. The summed E-state index contributed by atoms with van der Waals surface area (Å²) >= 11 is 6.45. The summed E-state index contributed by atoms with van der Waals surface area (Å²) in [6.45, 7) is 4.80. The lowest BCUT2D eigenvalue weighted by atomic mass is 10.0. The molecule has 0 saturated carbocycles. The lowest BCUT2D eigenvalue weighted by molar-refractivity contribution is 0.0940. The highest BCUT2D eigenvalue weighted by Crippen LogP contribution is 2.37. The number of methoxy groups -OCH3 is 1. The Morgan fingerprint density at radius 1 is 1.19 bits per heavy atom. The molecule has 0 aliphatic heterocycles. The maximum atomic E-state index is 13.3. The summed E-state index contributed by atoms with van der Waals surface area (Å²) < 4.78 is 18.6.